The van der Waals surface area contributed by atoms with Crippen LogP contribution < -0.4 is 23.7 Å². The van der Waals surface area contributed by atoms with Crippen LogP contribution in [0.15, 0.2) is 152 Å². The van der Waals surface area contributed by atoms with Gasteiger partial charge in [-0.15, -0.1) is 0 Å². The van der Waals surface area contributed by atoms with Crippen LogP contribution in [0.5, 0.6) is 63.2 Å². The van der Waals surface area contributed by atoms with Crippen molar-refractivity contribution in [3.8, 4) is 63.2 Å². The number of hydrogen-bond acceptors (Lipinski definition) is 16. The van der Waals surface area contributed by atoms with Gasteiger partial charge in [0.1, 0.15) is 69.1 Å². The van der Waals surface area contributed by atoms with Crippen molar-refractivity contribution in [1.29, 1.82) is 0 Å². The number of hydrogen-bond donors (Lipinski definition) is 1. The number of benzene rings is 5. The molecular weight excluding hydrogens is 1350 g/mol. The van der Waals surface area contributed by atoms with Crippen LogP contribution in [0.3, 0.4) is 0 Å². The lowest BCUT2D eigenvalue weighted by molar-refractivity contribution is 0.396. The van der Waals surface area contributed by atoms with Crippen molar-refractivity contribution >= 4 is 11.6 Å². The molecule has 1 N–H and O–H groups in total. The lowest BCUT2D eigenvalue weighted by Crippen LogP contribution is -2.14. The van der Waals surface area contributed by atoms with E-state index in [1.54, 1.807) is 0 Å². The minimum Gasteiger partial charge on any atom is -0.505 e. The molecule has 15 heterocycles. The van der Waals surface area contributed by atoms with E-state index >= 15 is 0 Å². The van der Waals surface area contributed by atoms with Crippen molar-refractivity contribution in [1.82, 2.24) is 49.4 Å². The topological polar surface area (TPSA) is 147 Å². The summed E-state index contributed by atoms with van der Waals surface area (Å²) in [7, 11) is 10.7. The van der Waals surface area contributed by atoms with Gasteiger partial charge in [0.25, 0.3) is 0 Å². The van der Waals surface area contributed by atoms with Crippen LogP contribution >= 0.6 is 11.6 Å². The van der Waals surface area contributed by atoms with E-state index < -0.39 is 5.82 Å². The number of rotatable bonds is 0. The maximum atomic E-state index is 14.0. The Hall–Kier alpha value is -9.47. The lowest BCUT2D eigenvalue weighted by Gasteiger charge is -2.17. The van der Waals surface area contributed by atoms with E-state index in [1.165, 1.54) is 35.4 Å². The summed E-state index contributed by atoms with van der Waals surface area (Å²) in [5.74, 6) is 9.45. The number of aromatic hydroxyl groups is 1. The molecule has 105 heavy (non-hydrogen) atoms. The normalized spacial score (nSPS) is 23.8. The smallest absolute Gasteiger partial charge is 0.168 e. The van der Waals surface area contributed by atoms with Gasteiger partial charge in [-0.1, -0.05) is 35.9 Å². The van der Waals surface area contributed by atoms with Gasteiger partial charge >= 0.3 is 0 Å². The number of likely N-dealkylation sites (tertiary alicyclic amines) is 5. The molecule has 10 aliphatic rings. The van der Waals surface area contributed by atoms with Crippen LogP contribution in [0.1, 0.15) is 143 Å². The molecule has 0 aliphatic carbocycles. The van der Waals surface area contributed by atoms with Crippen molar-refractivity contribution < 1.29 is 42.0 Å². The number of aromatic nitrogens is 5. The molecule has 0 unspecified atom stereocenters. The fourth-order valence-corrected chi connectivity index (χ4v) is 17.8. The number of ether oxygens (including phenoxy) is 5. The minimum atomic E-state index is -0.661. The number of aryl methyl sites for hydroxylation is 5. The quantitative estimate of drug-likeness (QED) is 0.153. The Balaban J connectivity index is 0.000000101. The molecule has 540 valence electrons. The maximum Gasteiger partial charge on any atom is 0.168 e. The molecule has 10 aliphatic heterocycles. The molecular formula is C85H86ClF3N10O6. The number of pyridine rings is 5. The van der Waals surface area contributed by atoms with Crippen LogP contribution in [0.25, 0.3) is 0 Å². The van der Waals surface area contributed by atoms with Gasteiger partial charge in [0.15, 0.2) is 11.6 Å². The molecule has 0 radical (unpaired) electrons. The van der Waals surface area contributed by atoms with E-state index in [2.05, 4.69) is 109 Å². The van der Waals surface area contributed by atoms with Gasteiger partial charge in [-0.2, -0.15) is 0 Å². The van der Waals surface area contributed by atoms with Crippen LogP contribution in [0.4, 0.5) is 13.2 Å². The van der Waals surface area contributed by atoms with Crippen LogP contribution in [-0.2, 0) is 0 Å². The number of phenols is 1. The first kappa shape index (κ1) is 69.9. The highest BCUT2D eigenvalue weighted by Crippen LogP contribution is 2.55. The molecule has 20 heteroatoms. The molecule has 10 atom stereocenters. The summed E-state index contributed by atoms with van der Waals surface area (Å²) < 4.78 is 72.1. The number of phenolic OH excluding ortho intramolecular Hbond substituents is 1. The van der Waals surface area contributed by atoms with Crippen LogP contribution in [-0.4, -0.2) is 155 Å². The molecule has 16 nitrogen and oxygen atoms in total. The Morgan fingerprint density at radius 2 is 0.638 bits per heavy atom. The second-order valence-electron chi connectivity index (χ2n) is 30.5. The summed E-state index contributed by atoms with van der Waals surface area (Å²) in [5.41, 5.74) is 15.1. The molecule has 5 aromatic carbocycles. The number of para-hydroxylation sites is 1. The monoisotopic (exact) mass is 1430 g/mol. The van der Waals surface area contributed by atoms with Crippen molar-refractivity contribution in [3.05, 3.63) is 259 Å². The fourth-order valence-electron chi connectivity index (χ4n) is 17.7. The second kappa shape index (κ2) is 28.4. The number of nitrogens with zero attached hydrogens (tertiary/aromatic N) is 10. The van der Waals surface area contributed by atoms with Crippen molar-refractivity contribution in [2.75, 3.05) is 101 Å². The first-order valence-corrected chi connectivity index (χ1v) is 36.6. The molecule has 5 fully saturated rings. The molecule has 0 amide bonds. The van der Waals surface area contributed by atoms with Crippen LogP contribution in [0, 0.1) is 52.1 Å². The average molecular weight is 1440 g/mol. The first-order valence-electron chi connectivity index (χ1n) is 36.3. The number of halogens is 4. The lowest BCUT2D eigenvalue weighted by atomic mass is 9.86. The molecule has 0 bridgehead atoms. The Morgan fingerprint density at radius 3 is 1.06 bits per heavy atom. The molecule has 20 rings (SSSR count). The SMILES string of the molecule is CN1C[C@@H]2c3ncccc3Oc3cc(Cl)ccc3[C@@H]2C1.CN1C[C@@H]2c3ncccc3Oc3ccccc3[C@@H]2C1.Cc1cnc2c(c1)Oc1cc(F)c(C)cc1[C@@H]1CN(C)C[C@H]21.Cc1cnc2c(c1)Oc1cc(F)c(C)cc1[C@@H]1CN(C)C[C@H]21.Cc1cnc2c(c1)Oc1cc(F)c(O)cc1[C@@H]1CN(C)C[C@H]21. The van der Waals surface area contributed by atoms with Gasteiger partial charge < -0.3 is 53.3 Å². The zero-order chi connectivity index (χ0) is 72.8. The highest BCUT2D eigenvalue weighted by Gasteiger charge is 2.45. The van der Waals surface area contributed by atoms with Gasteiger partial charge in [-0.05, 0) is 188 Å². The van der Waals surface area contributed by atoms with Gasteiger partial charge in [-0.3, -0.25) is 24.9 Å². The summed E-state index contributed by atoms with van der Waals surface area (Å²) in [5, 5.41) is 10.5. The molecule has 5 saturated heterocycles. The predicted octanol–water partition coefficient (Wildman–Crippen LogP) is 17.3. The third-order valence-electron chi connectivity index (χ3n) is 22.6. The van der Waals surface area contributed by atoms with Gasteiger partial charge in [0.05, 0.1) is 28.5 Å². The summed E-state index contributed by atoms with van der Waals surface area (Å²) >= 11 is 6.12. The number of fused-ring (bicyclic) bond motifs is 25. The van der Waals surface area contributed by atoms with Crippen LogP contribution in [0.2, 0.25) is 5.02 Å². The van der Waals surface area contributed by atoms with E-state index in [0.29, 0.717) is 86.5 Å². The van der Waals surface area contributed by atoms with E-state index in [1.807, 2.05) is 138 Å². The Bertz CT molecular complexity index is 4650. The summed E-state index contributed by atoms with van der Waals surface area (Å²) in [6.07, 6.45) is 9.33. The standard InChI is InChI=1S/2C18H19FN2O.C17H17FN2O2.C16H15ClN2O.C16H16N2O/c2*1-10-4-17-18(20-7-10)14-9-21(3)8-13(14)12-5-11(2)15(19)6-16(12)22-17;1-9-3-16-17(19-6-9)12-8-20(2)7-11(12)10-4-14(21)13(18)5-15(10)22-16;1-19-8-12-11-5-4-10(17)7-15(11)20-14-3-2-6-18-16(14)13(12)9-19;1-18-9-12-11-5-2-3-6-14(11)19-15-7-4-8-17-16(15)13(12)10-18/h2*4-7,13-14H,8-9H2,1-3H3;3-6,11-12,21H,7-8H2,1-2H3;2-7,12-13H,8-9H2,1H3;2-8,12-13H,9-10H2,1H3/t2*13-,14-;11-,12-;2*12-,13-/m00000/s1. The van der Waals surface area contributed by atoms with E-state index in [-0.39, 0.29) is 29.2 Å². The highest BCUT2D eigenvalue weighted by molar-refractivity contribution is 6.30. The third-order valence-corrected chi connectivity index (χ3v) is 22.8. The second-order valence-corrected chi connectivity index (χ2v) is 30.9. The van der Waals surface area contributed by atoms with Gasteiger partial charge in [0, 0.05) is 196 Å². The maximum absolute atomic E-state index is 14.0. The molecule has 0 saturated carbocycles. The van der Waals surface area contributed by atoms with E-state index in [4.69, 9.17) is 35.3 Å². The Labute approximate surface area is 616 Å². The predicted molar refractivity (Wildman–Crippen MR) is 399 cm³/mol. The first-order chi connectivity index (χ1) is 50.6. The largest absolute Gasteiger partial charge is 0.505 e. The van der Waals surface area contributed by atoms with Crippen molar-refractivity contribution in [2.24, 2.45) is 0 Å². The number of likely N-dealkylation sites (N-methyl/N-ethyl adjacent to an activating group) is 5. The fraction of sp³-hybridized carbons (Fsp3) is 0.353. The summed E-state index contributed by atoms with van der Waals surface area (Å²) in [6, 6.07) is 37.9. The van der Waals surface area contributed by atoms with Crippen molar-refractivity contribution in [2.45, 2.75) is 93.8 Å². The summed E-state index contributed by atoms with van der Waals surface area (Å²) in [4.78, 5) is 34.6. The average Bonchev–Trinajstić information content (AvgIpc) is 1.65. The van der Waals surface area contributed by atoms with E-state index in [0.717, 1.165) is 162 Å². The van der Waals surface area contributed by atoms with Gasteiger partial charge in [-0.25, -0.2) is 13.2 Å². The van der Waals surface area contributed by atoms with Crippen molar-refractivity contribution in [3.63, 3.8) is 0 Å². The Kier molecular flexibility index (Phi) is 18.9. The Morgan fingerprint density at radius 1 is 0.324 bits per heavy atom. The molecule has 0 spiro atoms. The zero-order valence-corrected chi connectivity index (χ0v) is 61.5. The zero-order valence-electron chi connectivity index (χ0n) is 60.8. The summed E-state index contributed by atoms with van der Waals surface area (Å²) in [6.45, 7) is 19.2. The third kappa shape index (κ3) is 13.6. The highest BCUT2D eigenvalue weighted by atomic mass is 35.5. The molecule has 5 aromatic heterocycles. The van der Waals surface area contributed by atoms with E-state index in [9.17, 15) is 18.3 Å². The molecule has 10 aromatic rings. The minimum absolute atomic E-state index is 0.142. The van der Waals surface area contributed by atoms with Gasteiger partial charge in [0.2, 0.25) is 0 Å².